The lowest BCUT2D eigenvalue weighted by Gasteiger charge is -2.10. The number of aromatic nitrogens is 3. The minimum atomic E-state index is -0.671. The first-order chi connectivity index (χ1) is 16.4. The van der Waals surface area contributed by atoms with Crippen LogP contribution in [0.25, 0.3) is 16.6 Å². The molecule has 1 aliphatic carbocycles. The van der Waals surface area contributed by atoms with Crippen molar-refractivity contribution in [1.82, 2.24) is 14.3 Å². The molecule has 9 heteroatoms. The fraction of sp³-hybridized carbons (Fsp3) is 0.280. The number of hydrogen-bond acceptors (Lipinski definition) is 4. The van der Waals surface area contributed by atoms with Gasteiger partial charge in [-0.2, -0.15) is 5.10 Å². The van der Waals surface area contributed by atoms with E-state index in [4.69, 9.17) is 16.3 Å². The third kappa shape index (κ3) is 3.99. The maximum atomic E-state index is 15.1. The summed E-state index contributed by atoms with van der Waals surface area (Å²) in [4.78, 5) is 12.5. The van der Waals surface area contributed by atoms with E-state index < -0.39 is 17.6 Å². The van der Waals surface area contributed by atoms with E-state index in [0.717, 1.165) is 23.2 Å². The van der Waals surface area contributed by atoms with E-state index in [-0.39, 0.29) is 28.4 Å². The van der Waals surface area contributed by atoms with E-state index in [1.54, 1.807) is 42.1 Å². The first-order valence-electron chi connectivity index (χ1n) is 11.1. The van der Waals surface area contributed by atoms with Crippen molar-refractivity contribution >= 4 is 40.2 Å². The first-order valence-corrected chi connectivity index (χ1v) is 12.3. The largest absolute Gasteiger partial charge is 0.462 e. The average Bonchev–Trinajstić information content (AvgIpc) is 3.25. The Morgan fingerprint density at radius 2 is 2.06 bits per heavy atom. The van der Waals surface area contributed by atoms with Gasteiger partial charge in [-0.15, -0.1) is 11.8 Å². The lowest BCUT2D eigenvalue weighted by molar-refractivity contribution is 0.0520. The standard InChI is InChI=1S/C25H22ClF2N3O2S/c1-3-30-13-15(12-29-30)31-19(10-14-8-9-18(26)23(28)24(14)31)17-11-21(17)34-20-7-5-6-16(22(20)27)25(32)33-4-2/h5-10,12-13,17,21H,3-4,11H2,1-2H3. The van der Waals surface area contributed by atoms with Crippen LogP contribution in [0.4, 0.5) is 8.78 Å². The molecule has 1 aliphatic rings. The highest BCUT2D eigenvalue weighted by atomic mass is 35.5. The SMILES string of the molecule is CCOC(=O)c1cccc(SC2CC2c2cc3ccc(Cl)c(F)c3n2-c2cnn(CC)c2)c1F. The normalized spacial score (nSPS) is 17.3. The predicted molar refractivity (Wildman–Crippen MR) is 129 cm³/mol. The van der Waals surface area contributed by atoms with Gasteiger partial charge in [0.1, 0.15) is 0 Å². The summed E-state index contributed by atoms with van der Waals surface area (Å²) in [6, 6.07) is 10.1. The number of carbonyl (C=O) groups is 1. The minimum absolute atomic E-state index is 0.0563. The molecule has 2 heterocycles. The van der Waals surface area contributed by atoms with Gasteiger partial charge in [-0.3, -0.25) is 4.68 Å². The molecule has 0 aliphatic heterocycles. The summed E-state index contributed by atoms with van der Waals surface area (Å²) in [5.41, 5.74) is 2.01. The Morgan fingerprint density at radius 3 is 2.79 bits per heavy atom. The number of thioether (sulfide) groups is 1. The highest BCUT2D eigenvalue weighted by Gasteiger charge is 2.42. The monoisotopic (exact) mass is 501 g/mol. The van der Waals surface area contributed by atoms with Gasteiger partial charge in [0.2, 0.25) is 0 Å². The molecule has 176 valence electrons. The molecular weight excluding hydrogens is 480 g/mol. The van der Waals surface area contributed by atoms with Crippen LogP contribution < -0.4 is 0 Å². The van der Waals surface area contributed by atoms with Crippen LogP contribution in [0.15, 0.2) is 53.7 Å². The van der Waals surface area contributed by atoms with Crippen LogP contribution in [0.2, 0.25) is 5.02 Å². The molecule has 2 unspecified atom stereocenters. The number of hydrogen-bond donors (Lipinski definition) is 0. The maximum Gasteiger partial charge on any atom is 0.341 e. The quantitative estimate of drug-likeness (QED) is 0.267. The van der Waals surface area contributed by atoms with Gasteiger partial charge >= 0.3 is 5.97 Å². The number of rotatable bonds is 7. The van der Waals surface area contributed by atoms with Gasteiger partial charge < -0.3 is 9.30 Å². The molecule has 5 nitrogen and oxygen atoms in total. The van der Waals surface area contributed by atoms with Crippen molar-refractivity contribution in [3.63, 3.8) is 0 Å². The molecule has 0 N–H and O–H groups in total. The number of esters is 1. The summed E-state index contributed by atoms with van der Waals surface area (Å²) >= 11 is 7.49. The Bertz CT molecular complexity index is 1400. The number of carbonyl (C=O) groups excluding carboxylic acids is 1. The Morgan fingerprint density at radius 1 is 1.24 bits per heavy atom. The molecule has 2 atom stereocenters. The van der Waals surface area contributed by atoms with E-state index in [0.29, 0.717) is 17.0 Å². The Kier molecular flexibility index (Phi) is 6.12. The molecule has 34 heavy (non-hydrogen) atoms. The van der Waals surface area contributed by atoms with Gasteiger partial charge in [-0.05, 0) is 44.5 Å². The molecule has 0 amide bonds. The zero-order valence-corrected chi connectivity index (χ0v) is 20.2. The van der Waals surface area contributed by atoms with Crippen molar-refractivity contribution in [2.45, 2.75) is 42.9 Å². The number of benzene rings is 2. The van der Waals surface area contributed by atoms with E-state index >= 15 is 8.78 Å². The molecule has 0 radical (unpaired) electrons. The topological polar surface area (TPSA) is 49.1 Å². The summed E-state index contributed by atoms with van der Waals surface area (Å²) in [5.74, 6) is -1.65. The third-order valence-electron chi connectivity index (χ3n) is 5.94. The molecule has 0 spiro atoms. The molecule has 0 bridgehead atoms. The summed E-state index contributed by atoms with van der Waals surface area (Å²) in [6.07, 6.45) is 4.37. The number of ether oxygens (including phenoxy) is 1. The predicted octanol–water partition coefficient (Wildman–Crippen LogP) is 6.60. The van der Waals surface area contributed by atoms with Crippen LogP contribution >= 0.6 is 23.4 Å². The lowest BCUT2D eigenvalue weighted by Crippen LogP contribution is -2.07. The fourth-order valence-corrected chi connectivity index (χ4v) is 5.64. The van der Waals surface area contributed by atoms with Gasteiger partial charge in [0, 0.05) is 39.9 Å². The van der Waals surface area contributed by atoms with E-state index in [9.17, 15) is 4.79 Å². The number of aryl methyl sites for hydroxylation is 1. The summed E-state index contributed by atoms with van der Waals surface area (Å²) < 4.78 is 38.8. The zero-order chi connectivity index (χ0) is 24.0. The molecule has 1 fully saturated rings. The summed E-state index contributed by atoms with van der Waals surface area (Å²) in [5, 5.41) is 5.23. The highest BCUT2D eigenvalue weighted by Crippen LogP contribution is 2.53. The van der Waals surface area contributed by atoms with Gasteiger partial charge in [0.25, 0.3) is 0 Å². The van der Waals surface area contributed by atoms with Crippen LogP contribution in [0.5, 0.6) is 0 Å². The minimum Gasteiger partial charge on any atom is -0.462 e. The zero-order valence-electron chi connectivity index (χ0n) is 18.6. The van der Waals surface area contributed by atoms with Gasteiger partial charge in [-0.25, -0.2) is 13.6 Å². The van der Waals surface area contributed by atoms with Crippen LogP contribution in [-0.4, -0.2) is 32.2 Å². The third-order valence-corrected chi connectivity index (χ3v) is 7.62. The summed E-state index contributed by atoms with van der Waals surface area (Å²) in [6.45, 7) is 4.54. The lowest BCUT2D eigenvalue weighted by atomic mass is 10.2. The van der Waals surface area contributed by atoms with Gasteiger partial charge in [0.15, 0.2) is 11.6 Å². The fourth-order valence-electron chi connectivity index (χ4n) is 4.19. The van der Waals surface area contributed by atoms with Crippen molar-refractivity contribution in [2.75, 3.05) is 6.61 Å². The second kappa shape index (κ2) is 9.07. The van der Waals surface area contributed by atoms with Crippen molar-refractivity contribution in [3.05, 3.63) is 76.7 Å². The molecule has 2 aromatic carbocycles. The van der Waals surface area contributed by atoms with Gasteiger partial charge in [-0.1, -0.05) is 23.7 Å². The molecular formula is C25H22ClF2N3O2S. The maximum absolute atomic E-state index is 15.1. The van der Waals surface area contributed by atoms with E-state index in [1.165, 1.54) is 17.8 Å². The van der Waals surface area contributed by atoms with Crippen molar-refractivity contribution in [2.24, 2.45) is 0 Å². The van der Waals surface area contributed by atoms with Crippen LogP contribution in [0.1, 0.15) is 42.2 Å². The Hall–Kier alpha value is -2.84. The second-order valence-corrected chi connectivity index (χ2v) is 9.78. The number of nitrogens with zero attached hydrogens (tertiary/aromatic N) is 3. The molecule has 1 saturated carbocycles. The number of fused-ring (bicyclic) bond motifs is 1. The number of halogens is 3. The van der Waals surface area contributed by atoms with Gasteiger partial charge in [0.05, 0.1) is 34.6 Å². The highest BCUT2D eigenvalue weighted by molar-refractivity contribution is 8.00. The molecule has 5 rings (SSSR count). The van der Waals surface area contributed by atoms with Crippen LogP contribution in [-0.2, 0) is 11.3 Å². The van der Waals surface area contributed by atoms with E-state index in [1.807, 2.05) is 23.8 Å². The van der Waals surface area contributed by atoms with E-state index in [2.05, 4.69) is 5.10 Å². The molecule has 4 aromatic rings. The molecule has 0 saturated heterocycles. The first kappa shape index (κ1) is 22.9. The van der Waals surface area contributed by atoms with Crippen LogP contribution in [0.3, 0.4) is 0 Å². The van der Waals surface area contributed by atoms with Crippen molar-refractivity contribution in [1.29, 1.82) is 0 Å². The van der Waals surface area contributed by atoms with Crippen molar-refractivity contribution in [3.8, 4) is 5.69 Å². The smallest absolute Gasteiger partial charge is 0.341 e. The average molecular weight is 502 g/mol. The second-order valence-electron chi connectivity index (χ2n) is 8.09. The van der Waals surface area contributed by atoms with Crippen LogP contribution in [0, 0.1) is 11.6 Å². The molecule has 2 aromatic heterocycles. The summed E-state index contributed by atoms with van der Waals surface area (Å²) in [7, 11) is 0. The Balaban J connectivity index is 1.50. The Labute approximate surface area is 204 Å². The van der Waals surface area contributed by atoms with Crippen molar-refractivity contribution < 1.29 is 18.3 Å².